The van der Waals surface area contributed by atoms with E-state index in [1.165, 1.54) is 30.3 Å². The lowest BCUT2D eigenvalue weighted by Crippen LogP contribution is -2.25. The quantitative estimate of drug-likeness (QED) is 0.320. The molecular weight excluding hydrogens is 507 g/mol. The van der Waals surface area contributed by atoms with Gasteiger partial charge in [-0.1, -0.05) is 53.5 Å². The first kappa shape index (κ1) is 24.7. The normalized spacial score (nSPS) is 10.7. The number of hydrogen-bond acceptors (Lipinski definition) is 6. The first-order chi connectivity index (χ1) is 16.8. The molecule has 0 radical (unpaired) electrons. The third-order valence-corrected chi connectivity index (χ3v) is 6.77. The molecule has 0 aliphatic heterocycles. The SMILES string of the molecule is Cc1sc(-c2ccccc2)nc1CCOc1ccc(NC(=O)c2ccc(Cl)cc2Cl)c(C(=O)[O-])c1. The van der Waals surface area contributed by atoms with Crippen molar-refractivity contribution in [2.45, 2.75) is 13.3 Å². The molecule has 178 valence electrons. The van der Waals surface area contributed by atoms with Crippen molar-refractivity contribution in [2.75, 3.05) is 11.9 Å². The van der Waals surface area contributed by atoms with Crippen molar-refractivity contribution in [2.24, 2.45) is 0 Å². The Labute approximate surface area is 216 Å². The monoisotopic (exact) mass is 525 g/mol. The summed E-state index contributed by atoms with van der Waals surface area (Å²) < 4.78 is 5.77. The average molecular weight is 526 g/mol. The number of carboxylic acids is 1. The molecule has 35 heavy (non-hydrogen) atoms. The Morgan fingerprint density at radius 2 is 1.80 bits per heavy atom. The third-order valence-electron chi connectivity index (χ3n) is 5.16. The van der Waals surface area contributed by atoms with Gasteiger partial charge in [-0.3, -0.25) is 4.79 Å². The van der Waals surface area contributed by atoms with Gasteiger partial charge >= 0.3 is 0 Å². The minimum absolute atomic E-state index is 0.0659. The first-order valence-corrected chi connectivity index (χ1v) is 12.2. The van der Waals surface area contributed by atoms with E-state index in [4.69, 9.17) is 32.9 Å². The van der Waals surface area contributed by atoms with Gasteiger partial charge in [-0.15, -0.1) is 11.3 Å². The van der Waals surface area contributed by atoms with Gasteiger partial charge in [0.05, 0.1) is 34.5 Å². The topological polar surface area (TPSA) is 91.3 Å². The molecule has 0 aliphatic carbocycles. The molecule has 0 saturated carbocycles. The summed E-state index contributed by atoms with van der Waals surface area (Å²) in [6, 6.07) is 18.7. The number of nitrogens with zero attached hydrogens (tertiary/aromatic N) is 1. The van der Waals surface area contributed by atoms with Crippen LogP contribution >= 0.6 is 34.5 Å². The van der Waals surface area contributed by atoms with E-state index in [-0.39, 0.29) is 21.8 Å². The Balaban J connectivity index is 1.43. The van der Waals surface area contributed by atoms with Crippen LogP contribution in [-0.2, 0) is 6.42 Å². The van der Waals surface area contributed by atoms with Crippen molar-refractivity contribution < 1.29 is 19.4 Å². The molecule has 0 spiro atoms. The largest absolute Gasteiger partial charge is 0.545 e. The number of carbonyl (C=O) groups is 2. The Hall–Kier alpha value is -3.39. The summed E-state index contributed by atoms with van der Waals surface area (Å²) >= 11 is 13.6. The maximum atomic E-state index is 12.6. The van der Waals surface area contributed by atoms with Gasteiger partial charge < -0.3 is 20.0 Å². The highest BCUT2D eigenvalue weighted by Gasteiger charge is 2.15. The van der Waals surface area contributed by atoms with Crippen LogP contribution in [0.25, 0.3) is 10.6 Å². The molecule has 6 nitrogen and oxygen atoms in total. The number of halogens is 2. The molecule has 9 heteroatoms. The molecule has 4 aromatic rings. The predicted molar refractivity (Wildman–Crippen MR) is 137 cm³/mol. The van der Waals surface area contributed by atoms with Gasteiger partial charge in [0.1, 0.15) is 10.8 Å². The molecule has 4 rings (SSSR count). The molecule has 1 heterocycles. The number of benzene rings is 3. The van der Waals surface area contributed by atoms with Crippen LogP contribution in [-0.4, -0.2) is 23.5 Å². The van der Waals surface area contributed by atoms with Crippen molar-refractivity contribution in [1.82, 2.24) is 4.98 Å². The second-order valence-electron chi connectivity index (χ2n) is 7.56. The average Bonchev–Trinajstić information content (AvgIpc) is 3.20. The van der Waals surface area contributed by atoms with Crippen molar-refractivity contribution in [3.8, 4) is 16.3 Å². The van der Waals surface area contributed by atoms with Gasteiger partial charge in [-0.25, -0.2) is 4.98 Å². The van der Waals surface area contributed by atoms with Crippen LogP contribution in [0.3, 0.4) is 0 Å². The summed E-state index contributed by atoms with van der Waals surface area (Å²) in [6.45, 7) is 2.31. The number of hydrogen-bond donors (Lipinski definition) is 1. The number of ether oxygens (including phenoxy) is 1. The highest BCUT2D eigenvalue weighted by Crippen LogP contribution is 2.28. The molecule has 0 saturated heterocycles. The van der Waals surface area contributed by atoms with E-state index in [1.54, 1.807) is 17.4 Å². The molecule has 0 aliphatic rings. The minimum atomic E-state index is -1.45. The standard InChI is InChI=1S/C26H20Cl2N2O4S/c1-15-22(30-25(35-15)16-5-3-2-4-6-16)11-12-34-18-8-10-23(20(14-18)26(32)33)29-24(31)19-9-7-17(27)13-21(19)28/h2-10,13-14H,11-12H2,1H3,(H,29,31)(H,32,33)/p-1. The van der Waals surface area contributed by atoms with Gasteiger partial charge in [-0.05, 0) is 43.3 Å². The Morgan fingerprint density at radius 1 is 1.03 bits per heavy atom. The van der Waals surface area contributed by atoms with Crippen LogP contribution in [0.4, 0.5) is 5.69 Å². The van der Waals surface area contributed by atoms with Crippen molar-refractivity contribution in [3.05, 3.63) is 98.5 Å². The fraction of sp³-hybridized carbons (Fsp3) is 0.115. The number of aryl methyl sites for hydroxylation is 1. The number of aromatic nitrogens is 1. The number of nitrogens with one attached hydrogen (secondary N) is 1. The summed E-state index contributed by atoms with van der Waals surface area (Å²) in [6.07, 6.45) is 0.559. The van der Waals surface area contributed by atoms with Crippen molar-refractivity contribution >= 4 is 52.1 Å². The van der Waals surface area contributed by atoms with E-state index in [0.717, 1.165) is 21.1 Å². The fourth-order valence-corrected chi connectivity index (χ4v) is 4.84. The zero-order valence-electron chi connectivity index (χ0n) is 18.5. The maximum Gasteiger partial charge on any atom is 0.257 e. The van der Waals surface area contributed by atoms with Crippen LogP contribution < -0.4 is 15.2 Å². The highest BCUT2D eigenvalue weighted by molar-refractivity contribution is 7.15. The van der Waals surface area contributed by atoms with Gasteiger partial charge in [0.15, 0.2) is 0 Å². The Kier molecular flexibility index (Phi) is 7.70. The number of aromatic carboxylic acids is 1. The smallest absolute Gasteiger partial charge is 0.257 e. The maximum absolute atomic E-state index is 12.6. The van der Waals surface area contributed by atoms with Crippen LogP contribution in [0.1, 0.15) is 31.3 Å². The lowest BCUT2D eigenvalue weighted by Gasteiger charge is -2.15. The number of carbonyl (C=O) groups excluding carboxylic acids is 2. The zero-order chi connectivity index (χ0) is 24.9. The van der Waals surface area contributed by atoms with Gasteiger partial charge in [0, 0.05) is 27.4 Å². The van der Waals surface area contributed by atoms with E-state index >= 15 is 0 Å². The lowest BCUT2D eigenvalue weighted by atomic mass is 10.1. The molecule has 0 unspecified atom stereocenters. The van der Waals surface area contributed by atoms with Crippen LogP contribution in [0, 0.1) is 6.92 Å². The second kappa shape index (κ2) is 10.9. The highest BCUT2D eigenvalue weighted by atomic mass is 35.5. The molecule has 0 atom stereocenters. The van der Waals surface area contributed by atoms with Gasteiger partial charge in [-0.2, -0.15) is 0 Å². The minimum Gasteiger partial charge on any atom is -0.545 e. The molecular formula is C26H19Cl2N2O4S-. The Bertz CT molecular complexity index is 1390. The van der Waals surface area contributed by atoms with Crippen LogP contribution in [0.15, 0.2) is 66.7 Å². The van der Waals surface area contributed by atoms with Crippen LogP contribution in [0.2, 0.25) is 10.0 Å². The number of thiazole rings is 1. The summed E-state index contributed by atoms with van der Waals surface area (Å²) in [5, 5.41) is 15.7. The summed E-state index contributed by atoms with van der Waals surface area (Å²) in [7, 11) is 0. The molecule has 0 bridgehead atoms. The number of amides is 1. The summed E-state index contributed by atoms with van der Waals surface area (Å²) in [5.41, 5.74) is 2.00. The summed E-state index contributed by atoms with van der Waals surface area (Å²) in [4.78, 5) is 30.1. The summed E-state index contributed by atoms with van der Waals surface area (Å²) in [5.74, 6) is -1.69. The van der Waals surface area contributed by atoms with E-state index in [9.17, 15) is 14.7 Å². The predicted octanol–water partition coefficient (Wildman–Crippen LogP) is 5.66. The van der Waals surface area contributed by atoms with Gasteiger partial charge in [0.2, 0.25) is 0 Å². The Morgan fingerprint density at radius 3 is 2.51 bits per heavy atom. The lowest BCUT2D eigenvalue weighted by molar-refractivity contribution is -0.254. The molecule has 3 aromatic carbocycles. The van der Waals surface area contributed by atoms with E-state index in [1.807, 2.05) is 37.3 Å². The first-order valence-electron chi connectivity index (χ1n) is 10.6. The van der Waals surface area contributed by atoms with Crippen LogP contribution in [0.5, 0.6) is 5.75 Å². The molecule has 0 fully saturated rings. The van der Waals surface area contributed by atoms with Gasteiger partial charge in [0.25, 0.3) is 5.91 Å². The van der Waals surface area contributed by atoms with E-state index in [2.05, 4.69) is 5.32 Å². The van der Waals surface area contributed by atoms with Crippen molar-refractivity contribution in [3.63, 3.8) is 0 Å². The fourth-order valence-electron chi connectivity index (χ4n) is 3.38. The second-order valence-corrected chi connectivity index (χ2v) is 9.61. The third kappa shape index (κ3) is 6.00. The number of rotatable bonds is 8. The zero-order valence-corrected chi connectivity index (χ0v) is 20.8. The number of anilines is 1. The van der Waals surface area contributed by atoms with Crippen molar-refractivity contribution in [1.29, 1.82) is 0 Å². The molecule has 1 N–H and O–H groups in total. The van der Waals surface area contributed by atoms with E-state index < -0.39 is 11.9 Å². The number of carboxylic acid groups (broad SMARTS) is 1. The van der Waals surface area contributed by atoms with E-state index in [0.29, 0.717) is 23.8 Å². The molecule has 1 aromatic heterocycles. The molecule has 1 amide bonds.